The molecule has 0 aromatic heterocycles. The summed E-state index contributed by atoms with van der Waals surface area (Å²) >= 11 is 12.5. The second kappa shape index (κ2) is 9.92. The van der Waals surface area contributed by atoms with Crippen LogP contribution in [-0.2, 0) is 4.79 Å². The normalized spacial score (nSPS) is 14.8. The third-order valence-electron chi connectivity index (χ3n) is 5.21. The van der Waals surface area contributed by atoms with Crippen molar-refractivity contribution in [1.82, 2.24) is 0 Å². The largest absolute Gasteiger partial charge is 0.497 e. The Balaban J connectivity index is 1.59. The van der Waals surface area contributed by atoms with E-state index in [1.165, 1.54) is 6.08 Å². The van der Waals surface area contributed by atoms with Gasteiger partial charge in [0.25, 0.3) is 0 Å². The Labute approximate surface area is 206 Å². The molecular formula is C26H18Cl2N2O4. The SMILES string of the molecule is COc1ccc(/C=C/C(=O)Oc2ccc3c(c2)OC(N)=C(C#N)C3c2ccc(Cl)cc2Cl)cc1. The summed E-state index contributed by atoms with van der Waals surface area (Å²) < 4.78 is 16.2. The van der Waals surface area contributed by atoms with Crippen molar-refractivity contribution in [3.8, 4) is 23.3 Å². The van der Waals surface area contributed by atoms with E-state index in [-0.39, 0.29) is 17.2 Å². The van der Waals surface area contributed by atoms with Gasteiger partial charge in [0.05, 0.1) is 13.0 Å². The molecule has 4 rings (SSSR count). The lowest BCUT2D eigenvalue weighted by molar-refractivity contribution is -0.128. The molecule has 2 N–H and O–H groups in total. The van der Waals surface area contributed by atoms with Gasteiger partial charge in [-0.05, 0) is 47.5 Å². The van der Waals surface area contributed by atoms with E-state index >= 15 is 0 Å². The van der Waals surface area contributed by atoms with E-state index < -0.39 is 11.9 Å². The average Bonchev–Trinajstić information content (AvgIpc) is 2.82. The number of carbonyl (C=O) groups excluding carboxylic acids is 1. The minimum absolute atomic E-state index is 0.0473. The quantitative estimate of drug-likeness (QED) is 0.273. The zero-order valence-corrected chi connectivity index (χ0v) is 19.4. The van der Waals surface area contributed by atoms with Crippen LogP contribution in [0.3, 0.4) is 0 Å². The molecule has 0 saturated heterocycles. The molecule has 1 aliphatic rings. The molecule has 3 aromatic rings. The van der Waals surface area contributed by atoms with Gasteiger partial charge in [-0.25, -0.2) is 4.79 Å². The van der Waals surface area contributed by atoms with Crippen LogP contribution in [0.5, 0.6) is 17.2 Å². The molecule has 170 valence electrons. The first kappa shape index (κ1) is 23.2. The maximum atomic E-state index is 12.3. The van der Waals surface area contributed by atoms with Gasteiger partial charge in [0.1, 0.15) is 28.9 Å². The minimum atomic E-state index is -0.565. The van der Waals surface area contributed by atoms with Crippen LogP contribution >= 0.6 is 23.2 Å². The van der Waals surface area contributed by atoms with Gasteiger partial charge in [-0.1, -0.05) is 47.5 Å². The number of nitriles is 1. The highest BCUT2D eigenvalue weighted by Gasteiger charge is 2.32. The highest BCUT2D eigenvalue weighted by atomic mass is 35.5. The second-order valence-corrected chi connectivity index (χ2v) is 8.16. The van der Waals surface area contributed by atoms with E-state index in [2.05, 4.69) is 6.07 Å². The van der Waals surface area contributed by atoms with E-state index in [0.717, 1.165) is 11.3 Å². The first-order chi connectivity index (χ1) is 16.4. The molecule has 1 unspecified atom stereocenters. The Morgan fingerprint density at radius 2 is 1.76 bits per heavy atom. The van der Waals surface area contributed by atoms with Gasteiger partial charge in [0.2, 0.25) is 5.88 Å². The van der Waals surface area contributed by atoms with Crippen molar-refractivity contribution >= 4 is 35.2 Å². The van der Waals surface area contributed by atoms with Gasteiger partial charge in [-0.15, -0.1) is 0 Å². The smallest absolute Gasteiger partial charge is 0.336 e. The third-order valence-corrected chi connectivity index (χ3v) is 5.77. The number of nitrogens with two attached hydrogens (primary N) is 1. The predicted molar refractivity (Wildman–Crippen MR) is 130 cm³/mol. The Kier molecular flexibility index (Phi) is 6.78. The molecule has 0 bridgehead atoms. The fourth-order valence-electron chi connectivity index (χ4n) is 3.58. The van der Waals surface area contributed by atoms with Crippen LogP contribution in [0, 0.1) is 11.3 Å². The van der Waals surface area contributed by atoms with Crippen molar-refractivity contribution in [2.75, 3.05) is 7.11 Å². The summed E-state index contributed by atoms with van der Waals surface area (Å²) in [7, 11) is 1.58. The Bertz CT molecular complexity index is 1360. The molecule has 0 fully saturated rings. The first-order valence-electron chi connectivity index (χ1n) is 10.1. The molecule has 0 saturated carbocycles. The zero-order chi connectivity index (χ0) is 24.2. The van der Waals surface area contributed by atoms with E-state index in [1.807, 2.05) is 12.1 Å². The van der Waals surface area contributed by atoms with Crippen LogP contribution < -0.4 is 19.9 Å². The topological polar surface area (TPSA) is 94.6 Å². The molecular weight excluding hydrogens is 475 g/mol. The Morgan fingerprint density at radius 1 is 1.06 bits per heavy atom. The highest BCUT2D eigenvalue weighted by Crippen LogP contribution is 2.45. The summed E-state index contributed by atoms with van der Waals surface area (Å²) in [5.74, 6) is 0.173. The maximum absolute atomic E-state index is 12.3. The summed E-state index contributed by atoms with van der Waals surface area (Å²) in [5.41, 5.74) is 8.39. The number of carbonyl (C=O) groups is 1. The average molecular weight is 493 g/mol. The zero-order valence-electron chi connectivity index (χ0n) is 17.9. The summed E-state index contributed by atoms with van der Waals surface area (Å²) in [6, 6.07) is 19.2. The fourth-order valence-corrected chi connectivity index (χ4v) is 4.10. The molecule has 6 nitrogen and oxygen atoms in total. The van der Waals surface area contributed by atoms with E-state index in [9.17, 15) is 10.1 Å². The van der Waals surface area contributed by atoms with Crippen LogP contribution in [0.25, 0.3) is 6.08 Å². The number of nitrogens with zero attached hydrogens (tertiary/aromatic N) is 1. The first-order valence-corrected chi connectivity index (χ1v) is 10.9. The number of rotatable bonds is 5. The number of hydrogen-bond acceptors (Lipinski definition) is 6. The molecule has 0 aliphatic carbocycles. The van der Waals surface area contributed by atoms with E-state index in [0.29, 0.717) is 26.9 Å². The maximum Gasteiger partial charge on any atom is 0.336 e. The Hall–Kier alpha value is -3.92. The highest BCUT2D eigenvalue weighted by molar-refractivity contribution is 6.35. The van der Waals surface area contributed by atoms with Gasteiger partial charge in [0, 0.05) is 27.8 Å². The third kappa shape index (κ3) is 4.86. The van der Waals surface area contributed by atoms with E-state index in [4.69, 9.17) is 43.1 Å². The molecule has 0 radical (unpaired) electrons. The molecule has 1 atom stereocenters. The monoisotopic (exact) mass is 492 g/mol. The van der Waals surface area contributed by atoms with Crippen LogP contribution in [0.4, 0.5) is 0 Å². The number of methoxy groups -OCH3 is 1. The minimum Gasteiger partial charge on any atom is -0.497 e. The van der Waals surface area contributed by atoms with Crippen LogP contribution in [0.2, 0.25) is 10.0 Å². The molecule has 3 aromatic carbocycles. The number of hydrogen-bond donors (Lipinski definition) is 1. The molecule has 1 aliphatic heterocycles. The van der Waals surface area contributed by atoms with Crippen LogP contribution in [-0.4, -0.2) is 13.1 Å². The number of ether oxygens (including phenoxy) is 3. The molecule has 34 heavy (non-hydrogen) atoms. The molecule has 0 spiro atoms. The lowest BCUT2D eigenvalue weighted by Gasteiger charge is -2.27. The number of benzene rings is 3. The van der Waals surface area contributed by atoms with Gasteiger partial charge in [-0.2, -0.15) is 5.26 Å². The molecule has 8 heteroatoms. The number of allylic oxidation sites excluding steroid dienone is 1. The number of halogens is 2. The van der Waals surface area contributed by atoms with Crippen LogP contribution in [0.15, 0.2) is 78.2 Å². The summed E-state index contributed by atoms with van der Waals surface area (Å²) in [6.45, 7) is 0. The van der Waals surface area contributed by atoms with Crippen molar-refractivity contribution in [2.45, 2.75) is 5.92 Å². The summed E-state index contributed by atoms with van der Waals surface area (Å²) in [5, 5.41) is 10.6. The lowest BCUT2D eigenvalue weighted by Crippen LogP contribution is -2.21. The summed E-state index contributed by atoms with van der Waals surface area (Å²) in [4.78, 5) is 12.3. The van der Waals surface area contributed by atoms with E-state index in [1.54, 1.807) is 61.7 Å². The fraction of sp³-hybridized carbons (Fsp3) is 0.0769. The second-order valence-electron chi connectivity index (χ2n) is 7.32. The lowest BCUT2D eigenvalue weighted by atomic mass is 9.83. The Morgan fingerprint density at radius 3 is 2.44 bits per heavy atom. The van der Waals surface area contributed by atoms with Crippen molar-refractivity contribution in [1.29, 1.82) is 5.26 Å². The van der Waals surface area contributed by atoms with Gasteiger partial charge in [0.15, 0.2) is 0 Å². The van der Waals surface area contributed by atoms with Crippen molar-refractivity contribution in [2.24, 2.45) is 5.73 Å². The number of fused-ring (bicyclic) bond motifs is 1. The van der Waals surface area contributed by atoms with Crippen molar-refractivity contribution in [3.05, 3.63) is 105 Å². The number of esters is 1. The van der Waals surface area contributed by atoms with Crippen molar-refractivity contribution in [3.63, 3.8) is 0 Å². The molecule has 0 amide bonds. The molecule has 1 heterocycles. The standard InChI is InChI=1S/C26H18Cl2N2O4/c1-32-17-6-2-15(3-7-17)4-11-24(31)33-18-8-10-20-23(13-18)34-26(30)21(14-29)25(20)19-9-5-16(27)12-22(19)28/h2-13,25H,30H2,1H3/b11-4+. The van der Waals surface area contributed by atoms with Gasteiger partial charge < -0.3 is 19.9 Å². The van der Waals surface area contributed by atoms with Gasteiger partial charge in [-0.3, -0.25) is 0 Å². The van der Waals surface area contributed by atoms with Gasteiger partial charge >= 0.3 is 5.97 Å². The van der Waals surface area contributed by atoms with Crippen LogP contribution in [0.1, 0.15) is 22.6 Å². The summed E-state index contributed by atoms with van der Waals surface area (Å²) in [6.07, 6.45) is 2.95. The van der Waals surface area contributed by atoms with Crippen molar-refractivity contribution < 1.29 is 19.0 Å². The predicted octanol–water partition coefficient (Wildman–Crippen LogP) is 5.84.